The van der Waals surface area contributed by atoms with Gasteiger partial charge >= 0.3 is 0 Å². The number of anilines is 1. The molecule has 0 spiro atoms. The van der Waals surface area contributed by atoms with Gasteiger partial charge in [0.15, 0.2) is 0 Å². The zero-order valence-electron chi connectivity index (χ0n) is 11.6. The molecule has 0 amide bonds. The van der Waals surface area contributed by atoms with Crippen molar-refractivity contribution in [2.75, 3.05) is 5.32 Å². The largest absolute Gasteiger partial charge is 0.349 e. The summed E-state index contributed by atoms with van der Waals surface area (Å²) in [5.41, 5.74) is 1.81. The van der Waals surface area contributed by atoms with E-state index in [4.69, 9.17) is 11.6 Å². The number of hydrogen-bond acceptors (Lipinski definition) is 5. The van der Waals surface area contributed by atoms with Gasteiger partial charge in [-0.25, -0.2) is 9.67 Å². The summed E-state index contributed by atoms with van der Waals surface area (Å²) >= 11 is 6.23. The van der Waals surface area contributed by atoms with Gasteiger partial charge in [0.25, 0.3) is 0 Å². The summed E-state index contributed by atoms with van der Waals surface area (Å²) in [5.74, 6) is 0.640. The third kappa shape index (κ3) is 2.95. The highest BCUT2D eigenvalue weighted by molar-refractivity contribution is 6.30. The molecule has 2 heterocycles. The van der Waals surface area contributed by atoms with E-state index in [0.717, 1.165) is 29.4 Å². The predicted octanol–water partition coefficient (Wildman–Crippen LogP) is 2.90. The summed E-state index contributed by atoms with van der Waals surface area (Å²) in [7, 11) is 0. The molecule has 21 heavy (non-hydrogen) atoms. The molecule has 0 fully saturated rings. The molecule has 0 aliphatic heterocycles. The summed E-state index contributed by atoms with van der Waals surface area (Å²) in [6.07, 6.45) is 0.970. The summed E-state index contributed by atoms with van der Waals surface area (Å²) in [6.45, 7) is 3.38. The molecule has 0 bridgehead atoms. The number of pyridine rings is 1. The first-order chi connectivity index (χ1) is 10.3. The number of aryl methyl sites for hydroxylation is 1. The number of nitrogens with zero attached hydrogens (tertiary/aromatic N) is 5. The third-order valence-electron chi connectivity index (χ3n) is 3.15. The fraction of sp³-hybridized carbons (Fsp3) is 0.286. The molecule has 3 aromatic rings. The summed E-state index contributed by atoms with van der Waals surface area (Å²) in [4.78, 5) is 4.40. The predicted molar refractivity (Wildman–Crippen MR) is 82.2 cm³/mol. The molecule has 0 radical (unpaired) electrons. The smallest absolute Gasteiger partial charge is 0.243 e. The maximum Gasteiger partial charge on any atom is 0.243 e. The summed E-state index contributed by atoms with van der Waals surface area (Å²) in [6, 6.07) is 9.93. The van der Waals surface area contributed by atoms with Gasteiger partial charge in [-0.3, -0.25) is 0 Å². The van der Waals surface area contributed by atoms with Gasteiger partial charge in [-0.05, 0) is 29.0 Å². The van der Waals surface area contributed by atoms with Crippen LogP contribution in [0, 0.1) is 0 Å². The molecular formula is C14H15ClN6. The minimum absolute atomic E-state index is 0.496. The number of fused-ring (bicyclic) bond motifs is 1. The average Bonchev–Trinajstić information content (AvgIpc) is 2.93. The molecule has 3 rings (SSSR count). The van der Waals surface area contributed by atoms with Crippen LogP contribution in [0.4, 0.5) is 5.95 Å². The highest BCUT2D eigenvalue weighted by Crippen LogP contribution is 2.21. The molecule has 0 aliphatic rings. The van der Waals surface area contributed by atoms with Crippen LogP contribution in [0.2, 0.25) is 5.15 Å². The van der Waals surface area contributed by atoms with Crippen LogP contribution in [-0.2, 0) is 13.1 Å². The monoisotopic (exact) mass is 302 g/mol. The Morgan fingerprint density at radius 2 is 2.14 bits per heavy atom. The van der Waals surface area contributed by atoms with E-state index in [-0.39, 0.29) is 0 Å². The van der Waals surface area contributed by atoms with Gasteiger partial charge in [0.2, 0.25) is 5.95 Å². The lowest BCUT2D eigenvalue weighted by atomic mass is 10.1. The second-order valence-corrected chi connectivity index (χ2v) is 5.07. The van der Waals surface area contributed by atoms with Gasteiger partial charge in [0.05, 0.1) is 5.52 Å². The van der Waals surface area contributed by atoms with Crippen molar-refractivity contribution in [2.24, 2.45) is 0 Å². The molecule has 2 aromatic heterocycles. The van der Waals surface area contributed by atoms with Gasteiger partial charge in [-0.15, -0.1) is 0 Å². The lowest BCUT2D eigenvalue weighted by molar-refractivity contribution is 0.582. The standard InChI is InChI=1S/C14H15ClN6/c1-2-7-21-14(18-19-20-21)16-9-11-8-10-5-3-4-6-12(10)17-13(11)15/h3-6,8H,2,7,9H2,1H3,(H,16,18,20). The highest BCUT2D eigenvalue weighted by Gasteiger charge is 2.08. The zero-order valence-corrected chi connectivity index (χ0v) is 12.4. The van der Waals surface area contributed by atoms with Gasteiger partial charge in [0, 0.05) is 24.0 Å². The number of halogens is 1. The molecular weight excluding hydrogens is 288 g/mol. The number of hydrogen-bond donors (Lipinski definition) is 1. The fourth-order valence-electron chi connectivity index (χ4n) is 2.13. The van der Waals surface area contributed by atoms with Crippen LogP contribution in [-0.4, -0.2) is 25.2 Å². The highest BCUT2D eigenvalue weighted by atomic mass is 35.5. The molecule has 1 N–H and O–H groups in total. The summed E-state index contributed by atoms with van der Waals surface area (Å²) in [5, 5.41) is 16.3. The average molecular weight is 303 g/mol. The maximum atomic E-state index is 6.23. The Morgan fingerprint density at radius 1 is 1.29 bits per heavy atom. The van der Waals surface area contributed by atoms with Gasteiger partial charge in [-0.1, -0.05) is 41.8 Å². The Morgan fingerprint density at radius 3 is 3.00 bits per heavy atom. The SMILES string of the molecule is CCCn1nnnc1NCc1cc2ccccc2nc1Cl. The molecule has 1 aromatic carbocycles. The Kier molecular flexibility index (Phi) is 3.96. The lowest BCUT2D eigenvalue weighted by Gasteiger charge is -2.08. The van der Waals surface area contributed by atoms with Crippen molar-refractivity contribution in [3.05, 3.63) is 41.0 Å². The second kappa shape index (κ2) is 6.05. The van der Waals surface area contributed by atoms with Crippen LogP contribution in [0.15, 0.2) is 30.3 Å². The van der Waals surface area contributed by atoms with Crippen molar-refractivity contribution >= 4 is 28.5 Å². The number of rotatable bonds is 5. The maximum absolute atomic E-state index is 6.23. The van der Waals surface area contributed by atoms with E-state index in [1.807, 2.05) is 30.3 Å². The zero-order chi connectivity index (χ0) is 14.7. The Hall–Kier alpha value is -2.21. The minimum Gasteiger partial charge on any atom is -0.349 e. The Balaban J connectivity index is 1.81. The molecule has 108 valence electrons. The van der Waals surface area contributed by atoms with Crippen LogP contribution in [0.5, 0.6) is 0 Å². The lowest BCUT2D eigenvalue weighted by Crippen LogP contribution is -2.09. The fourth-order valence-corrected chi connectivity index (χ4v) is 2.34. The Labute approximate surface area is 127 Å². The molecule has 0 atom stereocenters. The number of para-hydroxylation sites is 1. The third-order valence-corrected chi connectivity index (χ3v) is 3.48. The van der Waals surface area contributed by atoms with Crippen LogP contribution in [0.1, 0.15) is 18.9 Å². The van der Waals surface area contributed by atoms with E-state index in [9.17, 15) is 0 Å². The van der Waals surface area contributed by atoms with E-state index in [1.54, 1.807) is 4.68 Å². The quantitative estimate of drug-likeness (QED) is 0.734. The summed E-state index contributed by atoms with van der Waals surface area (Å²) < 4.78 is 1.74. The first-order valence-corrected chi connectivity index (χ1v) is 7.20. The van der Waals surface area contributed by atoms with E-state index in [2.05, 4.69) is 32.7 Å². The number of aromatic nitrogens is 5. The van der Waals surface area contributed by atoms with Crippen molar-refractivity contribution in [1.82, 2.24) is 25.2 Å². The molecule has 7 heteroatoms. The molecule has 0 saturated heterocycles. The molecule has 0 unspecified atom stereocenters. The van der Waals surface area contributed by atoms with Crippen molar-refractivity contribution in [3.63, 3.8) is 0 Å². The van der Waals surface area contributed by atoms with Crippen LogP contribution < -0.4 is 5.32 Å². The number of tetrazole rings is 1. The van der Waals surface area contributed by atoms with Crippen LogP contribution >= 0.6 is 11.6 Å². The van der Waals surface area contributed by atoms with Crippen molar-refractivity contribution in [3.8, 4) is 0 Å². The minimum atomic E-state index is 0.496. The van der Waals surface area contributed by atoms with Crippen LogP contribution in [0.3, 0.4) is 0 Å². The number of nitrogens with one attached hydrogen (secondary N) is 1. The number of benzene rings is 1. The van der Waals surface area contributed by atoms with E-state index in [1.165, 1.54) is 0 Å². The van der Waals surface area contributed by atoms with Gasteiger partial charge in [-0.2, -0.15) is 0 Å². The van der Waals surface area contributed by atoms with E-state index < -0.39 is 0 Å². The van der Waals surface area contributed by atoms with E-state index >= 15 is 0 Å². The van der Waals surface area contributed by atoms with Gasteiger partial charge < -0.3 is 5.32 Å². The normalized spacial score (nSPS) is 11.0. The molecule has 0 saturated carbocycles. The second-order valence-electron chi connectivity index (χ2n) is 4.71. The Bertz CT molecular complexity index is 754. The van der Waals surface area contributed by atoms with Gasteiger partial charge in [0.1, 0.15) is 5.15 Å². The van der Waals surface area contributed by atoms with Crippen molar-refractivity contribution < 1.29 is 0 Å². The van der Waals surface area contributed by atoms with E-state index in [0.29, 0.717) is 17.6 Å². The molecule has 6 nitrogen and oxygen atoms in total. The van der Waals surface area contributed by atoms with Crippen molar-refractivity contribution in [2.45, 2.75) is 26.4 Å². The van der Waals surface area contributed by atoms with Crippen molar-refractivity contribution in [1.29, 1.82) is 0 Å². The first kappa shape index (κ1) is 13.8. The first-order valence-electron chi connectivity index (χ1n) is 6.82. The van der Waals surface area contributed by atoms with Crippen LogP contribution in [0.25, 0.3) is 10.9 Å². The topological polar surface area (TPSA) is 68.5 Å². The molecule has 0 aliphatic carbocycles.